The molecule has 0 radical (unpaired) electrons. The van der Waals surface area contributed by atoms with E-state index in [0.29, 0.717) is 29.0 Å². The first-order valence-electron chi connectivity index (χ1n) is 7.45. The lowest BCUT2D eigenvalue weighted by atomic mass is 9.86. The summed E-state index contributed by atoms with van der Waals surface area (Å²) in [7, 11) is 3.18. The van der Waals surface area contributed by atoms with E-state index in [0.717, 1.165) is 31.4 Å². The van der Waals surface area contributed by atoms with Crippen LogP contribution in [0.4, 0.5) is 0 Å². The van der Waals surface area contributed by atoms with Gasteiger partial charge in [-0.3, -0.25) is 0 Å². The highest BCUT2D eigenvalue weighted by Crippen LogP contribution is 2.37. The number of methoxy groups -OCH3 is 2. The van der Waals surface area contributed by atoms with Gasteiger partial charge in [-0.25, -0.2) is 0 Å². The maximum absolute atomic E-state index is 9.97. The van der Waals surface area contributed by atoms with Crippen LogP contribution >= 0.6 is 11.6 Å². The van der Waals surface area contributed by atoms with Crippen LogP contribution in [-0.2, 0) is 6.54 Å². The van der Waals surface area contributed by atoms with Crippen molar-refractivity contribution >= 4 is 11.6 Å². The van der Waals surface area contributed by atoms with E-state index < -0.39 is 0 Å². The van der Waals surface area contributed by atoms with Crippen molar-refractivity contribution in [1.82, 2.24) is 5.32 Å². The molecule has 0 saturated heterocycles. The summed E-state index contributed by atoms with van der Waals surface area (Å²) in [4.78, 5) is 0. The molecule has 0 aromatic heterocycles. The first-order valence-corrected chi connectivity index (χ1v) is 7.83. The molecule has 118 valence electrons. The van der Waals surface area contributed by atoms with Gasteiger partial charge in [0.2, 0.25) is 0 Å². The minimum Gasteiger partial charge on any atom is -0.493 e. The van der Waals surface area contributed by atoms with Gasteiger partial charge in [-0.2, -0.15) is 0 Å². The monoisotopic (exact) mass is 313 g/mol. The van der Waals surface area contributed by atoms with Crippen molar-refractivity contribution in [3.05, 3.63) is 22.7 Å². The fourth-order valence-electron chi connectivity index (χ4n) is 2.89. The van der Waals surface area contributed by atoms with Crippen LogP contribution < -0.4 is 14.8 Å². The van der Waals surface area contributed by atoms with Gasteiger partial charge in [0.1, 0.15) is 0 Å². The molecular weight excluding hydrogens is 290 g/mol. The topological polar surface area (TPSA) is 50.7 Å². The summed E-state index contributed by atoms with van der Waals surface area (Å²) in [5.74, 6) is 1.54. The third-order valence-electron chi connectivity index (χ3n) is 4.16. The highest BCUT2D eigenvalue weighted by molar-refractivity contribution is 6.33. The summed E-state index contributed by atoms with van der Waals surface area (Å²) in [6.07, 6.45) is 4.18. The number of nitrogens with one attached hydrogen (secondary N) is 1. The van der Waals surface area contributed by atoms with Crippen molar-refractivity contribution in [2.45, 2.75) is 38.3 Å². The molecule has 1 aliphatic rings. The van der Waals surface area contributed by atoms with Crippen LogP contribution in [0.5, 0.6) is 11.5 Å². The minimum absolute atomic E-state index is 0.174. The number of aliphatic hydroxyl groups is 1. The summed E-state index contributed by atoms with van der Waals surface area (Å²) in [6, 6.07) is 3.80. The van der Waals surface area contributed by atoms with Gasteiger partial charge in [0.15, 0.2) is 11.5 Å². The number of aliphatic hydroxyl groups excluding tert-OH is 1. The Labute approximate surface area is 131 Å². The first kappa shape index (κ1) is 16.4. The molecule has 0 aliphatic heterocycles. The Morgan fingerprint density at radius 1 is 1.24 bits per heavy atom. The second-order valence-corrected chi connectivity index (χ2v) is 5.89. The van der Waals surface area contributed by atoms with E-state index in [2.05, 4.69) is 5.32 Å². The van der Waals surface area contributed by atoms with Gasteiger partial charge in [0, 0.05) is 13.1 Å². The molecule has 1 aromatic carbocycles. The van der Waals surface area contributed by atoms with Gasteiger partial charge in [-0.15, -0.1) is 0 Å². The SMILES string of the molecule is COc1ccc(CNCC2CCCCC2O)c(Cl)c1OC. The highest BCUT2D eigenvalue weighted by atomic mass is 35.5. The quantitative estimate of drug-likeness (QED) is 0.847. The standard InChI is InChI=1S/C16H24ClNO3/c1-20-14-8-7-12(15(17)16(14)21-2)10-18-9-11-5-3-4-6-13(11)19/h7-8,11,13,18-19H,3-6,9-10H2,1-2H3. The van der Waals surface area contributed by atoms with Crippen molar-refractivity contribution in [3.8, 4) is 11.5 Å². The lowest BCUT2D eigenvalue weighted by Crippen LogP contribution is -2.33. The Hall–Kier alpha value is -0.970. The molecular formula is C16H24ClNO3. The summed E-state index contributed by atoms with van der Waals surface area (Å²) in [5, 5.41) is 13.9. The van der Waals surface area contributed by atoms with Crippen LogP contribution in [-0.4, -0.2) is 32.0 Å². The summed E-state index contributed by atoms with van der Waals surface area (Å²) >= 11 is 6.35. The maximum Gasteiger partial charge on any atom is 0.179 e. The molecule has 1 aliphatic carbocycles. The van der Waals surface area contributed by atoms with Crippen LogP contribution in [0.2, 0.25) is 5.02 Å². The van der Waals surface area contributed by atoms with Crippen LogP contribution in [0.3, 0.4) is 0 Å². The van der Waals surface area contributed by atoms with Crippen LogP contribution in [0, 0.1) is 5.92 Å². The third kappa shape index (κ3) is 4.02. The molecule has 2 unspecified atom stereocenters. The lowest BCUT2D eigenvalue weighted by molar-refractivity contribution is 0.0695. The molecule has 4 nitrogen and oxygen atoms in total. The largest absolute Gasteiger partial charge is 0.493 e. The van der Waals surface area contributed by atoms with Crippen LogP contribution in [0.1, 0.15) is 31.2 Å². The van der Waals surface area contributed by atoms with Gasteiger partial charge < -0.3 is 19.9 Å². The fraction of sp³-hybridized carbons (Fsp3) is 0.625. The molecule has 2 atom stereocenters. The van der Waals surface area contributed by atoms with E-state index in [1.807, 2.05) is 12.1 Å². The Bertz CT molecular complexity index is 467. The van der Waals surface area contributed by atoms with Crippen molar-refractivity contribution in [2.75, 3.05) is 20.8 Å². The van der Waals surface area contributed by atoms with Gasteiger partial charge in [0.05, 0.1) is 25.3 Å². The molecule has 0 amide bonds. The van der Waals surface area contributed by atoms with Crippen molar-refractivity contribution in [1.29, 1.82) is 0 Å². The van der Waals surface area contributed by atoms with Crippen LogP contribution in [0.15, 0.2) is 12.1 Å². The van der Waals surface area contributed by atoms with Gasteiger partial charge >= 0.3 is 0 Å². The van der Waals surface area contributed by atoms with E-state index in [9.17, 15) is 5.11 Å². The number of ether oxygens (including phenoxy) is 2. The van der Waals surface area contributed by atoms with Crippen molar-refractivity contribution in [3.63, 3.8) is 0 Å². The minimum atomic E-state index is -0.174. The van der Waals surface area contributed by atoms with E-state index in [4.69, 9.17) is 21.1 Å². The summed E-state index contributed by atoms with van der Waals surface area (Å²) in [6.45, 7) is 1.47. The number of hydrogen-bond acceptors (Lipinski definition) is 4. The zero-order valence-electron chi connectivity index (χ0n) is 12.7. The van der Waals surface area contributed by atoms with Crippen molar-refractivity contribution < 1.29 is 14.6 Å². The summed E-state index contributed by atoms with van der Waals surface area (Å²) < 4.78 is 10.5. The third-order valence-corrected chi connectivity index (χ3v) is 4.57. The second kappa shape index (κ2) is 7.87. The molecule has 1 fully saturated rings. The summed E-state index contributed by atoms with van der Waals surface area (Å²) in [5.41, 5.74) is 0.972. The predicted octanol–water partition coefficient (Wildman–Crippen LogP) is 3.00. The molecule has 0 spiro atoms. The molecule has 21 heavy (non-hydrogen) atoms. The van der Waals surface area contributed by atoms with E-state index in [1.165, 1.54) is 6.42 Å². The molecule has 2 N–H and O–H groups in total. The molecule has 0 heterocycles. The Kier molecular flexibility index (Phi) is 6.15. The number of rotatable bonds is 6. The van der Waals surface area contributed by atoms with Gasteiger partial charge in [0.25, 0.3) is 0 Å². The van der Waals surface area contributed by atoms with Crippen molar-refractivity contribution in [2.24, 2.45) is 5.92 Å². The predicted molar refractivity (Wildman–Crippen MR) is 84.2 cm³/mol. The molecule has 2 rings (SSSR count). The zero-order chi connectivity index (χ0) is 15.2. The van der Waals surface area contributed by atoms with E-state index >= 15 is 0 Å². The van der Waals surface area contributed by atoms with Gasteiger partial charge in [-0.05, 0) is 30.4 Å². The Morgan fingerprint density at radius 2 is 2.00 bits per heavy atom. The Morgan fingerprint density at radius 3 is 2.67 bits per heavy atom. The van der Waals surface area contributed by atoms with Gasteiger partial charge in [-0.1, -0.05) is 30.5 Å². The highest BCUT2D eigenvalue weighted by Gasteiger charge is 2.22. The average Bonchev–Trinajstić information content (AvgIpc) is 2.50. The van der Waals surface area contributed by atoms with Crippen LogP contribution in [0.25, 0.3) is 0 Å². The number of benzene rings is 1. The second-order valence-electron chi connectivity index (χ2n) is 5.52. The molecule has 1 saturated carbocycles. The molecule has 1 aromatic rings. The first-order chi connectivity index (χ1) is 10.2. The zero-order valence-corrected chi connectivity index (χ0v) is 13.4. The lowest BCUT2D eigenvalue weighted by Gasteiger charge is -2.27. The average molecular weight is 314 g/mol. The number of hydrogen-bond donors (Lipinski definition) is 2. The number of halogens is 1. The molecule has 5 heteroatoms. The normalized spacial score (nSPS) is 22.1. The van der Waals surface area contributed by atoms with E-state index in [1.54, 1.807) is 14.2 Å². The van der Waals surface area contributed by atoms with E-state index in [-0.39, 0.29) is 6.10 Å². The smallest absolute Gasteiger partial charge is 0.179 e. The fourth-order valence-corrected chi connectivity index (χ4v) is 3.19. The maximum atomic E-state index is 9.97. The Balaban J connectivity index is 1.94. The molecule has 0 bridgehead atoms.